The number of carbonyl (C=O) groups is 2. The number of hydrogen-bond acceptors (Lipinski definition) is 2. The van der Waals surface area contributed by atoms with E-state index in [2.05, 4.69) is 6.92 Å². The van der Waals surface area contributed by atoms with Crippen LogP contribution in [0.15, 0.2) is 0 Å². The summed E-state index contributed by atoms with van der Waals surface area (Å²) in [5, 5.41) is 0. The molecular weight excluding hydrogens is 226 g/mol. The van der Waals surface area contributed by atoms with Crippen LogP contribution in [0.5, 0.6) is 0 Å². The van der Waals surface area contributed by atoms with Crippen LogP contribution in [0.1, 0.15) is 46.0 Å². The standard InChI is InChI=1S/C15H25NO2/c1-10(17)4-7-15(18)16(3)9-14-11(2)12-5-6-13(14)8-12/h11-14H,4-9H2,1-3H3. The van der Waals surface area contributed by atoms with Crippen molar-refractivity contribution in [3.8, 4) is 0 Å². The van der Waals surface area contributed by atoms with Gasteiger partial charge in [0.15, 0.2) is 0 Å². The summed E-state index contributed by atoms with van der Waals surface area (Å²) >= 11 is 0. The molecule has 0 aromatic heterocycles. The topological polar surface area (TPSA) is 37.4 Å². The minimum absolute atomic E-state index is 0.102. The average Bonchev–Trinajstić information content (AvgIpc) is 2.89. The molecule has 2 aliphatic rings. The Hall–Kier alpha value is -0.860. The molecule has 1 amide bonds. The van der Waals surface area contributed by atoms with Crippen LogP contribution in [0.3, 0.4) is 0 Å². The highest BCUT2D eigenvalue weighted by atomic mass is 16.2. The zero-order chi connectivity index (χ0) is 13.3. The van der Waals surface area contributed by atoms with Gasteiger partial charge in [-0.2, -0.15) is 0 Å². The lowest BCUT2D eigenvalue weighted by Gasteiger charge is -2.32. The summed E-state index contributed by atoms with van der Waals surface area (Å²) in [5.74, 6) is 3.43. The summed E-state index contributed by atoms with van der Waals surface area (Å²) in [6.07, 6.45) is 4.89. The smallest absolute Gasteiger partial charge is 0.222 e. The molecule has 2 rings (SSSR count). The van der Waals surface area contributed by atoms with Gasteiger partial charge in [0.25, 0.3) is 0 Å². The highest BCUT2D eigenvalue weighted by Gasteiger charge is 2.45. The molecule has 0 saturated heterocycles. The SMILES string of the molecule is CC(=O)CCC(=O)N(C)CC1C2CCC(C2)C1C. The van der Waals surface area contributed by atoms with Crippen LogP contribution in [-0.2, 0) is 9.59 Å². The molecule has 102 valence electrons. The van der Waals surface area contributed by atoms with E-state index in [9.17, 15) is 9.59 Å². The average molecular weight is 251 g/mol. The van der Waals surface area contributed by atoms with Gasteiger partial charge < -0.3 is 9.69 Å². The number of ketones is 1. The number of carbonyl (C=O) groups excluding carboxylic acids is 2. The fourth-order valence-corrected chi connectivity index (χ4v) is 3.91. The molecule has 4 atom stereocenters. The number of hydrogen-bond donors (Lipinski definition) is 0. The van der Waals surface area contributed by atoms with Crippen molar-refractivity contribution >= 4 is 11.7 Å². The third-order valence-electron chi connectivity index (χ3n) is 5.14. The molecule has 0 aromatic carbocycles. The first kappa shape index (κ1) is 13.6. The van der Waals surface area contributed by atoms with Gasteiger partial charge in [-0.15, -0.1) is 0 Å². The first-order valence-corrected chi connectivity index (χ1v) is 7.22. The van der Waals surface area contributed by atoms with Crippen molar-refractivity contribution < 1.29 is 9.59 Å². The number of nitrogens with zero attached hydrogens (tertiary/aromatic N) is 1. The first-order valence-electron chi connectivity index (χ1n) is 7.22. The molecular formula is C15H25NO2. The minimum atomic E-state index is 0.102. The number of Topliss-reactive ketones (excluding diaryl/α,β-unsaturated/α-hetero) is 1. The second-order valence-electron chi connectivity index (χ2n) is 6.33. The zero-order valence-corrected chi connectivity index (χ0v) is 11.8. The van der Waals surface area contributed by atoms with Crippen molar-refractivity contribution in [3.05, 3.63) is 0 Å². The van der Waals surface area contributed by atoms with Gasteiger partial charge in [-0.05, 0) is 49.9 Å². The quantitative estimate of drug-likeness (QED) is 0.753. The van der Waals surface area contributed by atoms with Gasteiger partial charge in [0.2, 0.25) is 5.91 Å². The zero-order valence-electron chi connectivity index (χ0n) is 11.8. The Morgan fingerprint density at radius 2 is 1.83 bits per heavy atom. The molecule has 18 heavy (non-hydrogen) atoms. The lowest BCUT2D eigenvalue weighted by molar-refractivity contribution is -0.132. The number of amides is 1. The molecule has 0 aromatic rings. The molecule has 2 aliphatic carbocycles. The molecule has 0 spiro atoms. The molecule has 0 N–H and O–H groups in total. The summed E-state index contributed by atoms with van der Waals surface area (Å²) in [6, 6.07) is 0. The Labute approximate surface area is 110 Å². The van der Waals surface area contributed by atoms with Gasteiger partial charge in [0, 0.05) is 26.4 Å². The van der Waals surface area contributed by atoms with Crippen LogP contribution in [0.4, 0.5) is 0 Å². The predicted molar refractivity (Wildman–Crippen MR) is 71.0 cm³/mol. The Morgan fingerprint density at radius 3 is 2.39 bits per heavy atom. The van der Waals surface area contributed by atoms with Crippen molar-refractivity contribution in [2.45, 2.75) is 46.0 Å². The van der Waals surface area contributed by atoms with E-state index >= 15 is 0 Å². The van der Waals surface area contributed by atoms with Crippen LogP contribution in [0.2, 0.25) is 0 Å². The van der Waals surface area contributed by atoms with Crippen molar-refractivity contribution in [3.63, 3.8) is 0 Å². The summed E-state index contributed by atoms with van der Waals surface area (Å²) < 4.78 is 0. The highest BCUT2D eigenvalue weighted by Crippen LogP contribution is 2.52. The van der Waals surface area contributed by atoms with E-state index in [0.717, 1.165) is 24.3 Å². The molecule has 2 fully saturated rings. The number of rotatable bonds is 5. The van der Waals surface area contributed by atoms with Crippen LogP contribution >= 0.6 is 0 Å². The Kier molecular flexibility index (Phi) is 4.08. The van der Waals surface area contributed by atoms with Crippen LogP contribution < -0.4 is 0 Å². The van der Waals surface area contributed by atoms with Gasteiger partial charge in [-0.25, -0.2) is 0 Å². The molecule has 3 heteroatoms. The molecule has 2 saturated carbocycles. The van der Waals surface area contributed by atoms with Crippen molar-refractivity contribution in [1.29, 1.82) is 0 Å². The van der Waals surface area contributed by atoms with Gasteiger partial charge in [0.05, 0.1) is 0 Å². The molecule has 0 heterocycles. The normalized spacial score (nSPS) is 33.7. The van der Waals surface area contributed by atoms with Crippen LogP contribution in [0, 0.1) is 23.7 Å². The summed E-state index contributed by atoms with van der Waals surface area (Å²) in [5.41, 5.74) is 0. The van der Waals surface area contributed by atoms with E-state index in [0.29, 0.717) is 18.8 Å². The van der Waals surface area contributed by atoms with Gasteiger partial charge in [0.1, 0.15) is 5.78 Å². The van der Waals surface area contributed by atoms with Gasteiger partial charge >= 0.3 is 0 Å². The summed E-state index contributed by atoms with van der Waals surface area (Å²) in [7, 11) is 1.89. The van der Waals surface area contributed by atoms with Crippen molar-refractivity contribution in [2.24, 2.45) is 23.7 Å². The fourth-order valence-electron chi connectivity index (χ4n) is 3.91. The molecule has 0 aliphatic heterocycles. The lowest BCUT2D eigenvalue weighted by atomic mass is 9.80. The first-order chi connectivity index (χ1) is 8.49. The summed E-state index contributed by atoms with van der Waals surface area (Å²) in [4.78, 5) is 24.7. The van der Waals surface area contributed by atoms with Crippen LogP contribution in [-0.4, -0.2) is 30.2 Å². The second kappa shape index (κ2) is 5.41. The Bertz CT molecular complexity index is 337. The van der Waals surface area contributed by atoms with Crippen molar-refractivity contribution in [2.75, 3.05) is 13.6 Å². The van der Waals surface area contributed by atoms with E-state index in [-0.39, 0.29) is 11.7 Å². The Morgan fingerprint density at radius 1 is 1.17 bits per heavy atom. The van der Waals surface area contributed by atoms with Crippen LogP contribution in [0.25, 0.3) is 0 Å². The predicted octanol–water partition coefficient (Wildman–Crippen LogP) is 2.50. The molecule has 3 nitrogen and oxygen atoms in total. The van der Waals surface area contributed by atoms with E-state index in [4.69, 9.17) is 0 Å². The van der Waals surface area contributed by atoms with E-state index in [1.165, 1.54) is 19.3 Å². The third kappa shape index (κ3) is 2.76. The number of fused-ring (bicyclic) bond motifs is 2. The molecule has 0 radical (unpaired) electrons. The monoisotopic (exact) mass is 251 g/mol. The molecule has 2 bridgehead atoms. The van der Waals surface area contributed by atoms with Gasteiger partial charge in [-0.1, -0.05) is 6.92 Å². The third-order valence-corrected chi connectivity index (χ3v) is 5.14. The lowest BCUT2D eigenvalue weighted by Crippen LogP contribution is -2.36. The maximum Gasteiger partial charge on any atom is 0.222 e. The van der Waals surface area contributed by atoms with E-state index in [1.54, 1.807) is 6.92 Å². The minimum Gasteiger partial charge on any atom is -0.345 e. The maximum atomic E-state index is 11.9. The van der Waals surface area contributed by atoms with Gasteiger partial charge in [-0.3, -0.25) is 4.79 Å². The molecule has 4 unspecified atom stereocenters. The summed E-state index contributed by atoms with van der Waals surface area (Å²) in [6.45, 7) is 4.78. The van der Waals surface area contributed by atoms with Crippen molar-refractivity contribution in [1.82, 2.24) is 4.90 Å². The highest BCUT2D eigenvalue weighted by molar-refractivity contribution is 5.83. The maximum absolute atomic E-state index is 11.9. The van der Waals surface area contributed by atoms with E-state index in [1.807, 2.05) is 11.9 Å². The fraction of sp³-hybridized carbons (Fsp3) is 0.867. The Balaban J connectivity index is 1.82. The second-order valence-corrected chi connectivity index (χ2v) is 6.33. The largest absolute Gasteiger partial charge is 0.345 e. The van der Waals surface area contributed by atoms with E-state index < -0.39 is 0 Å².